The Kier molecular flexibility index (Phi) is 3.01. The molecule has 0 aliphatic heterocycles. The molecule has 2 rings (SSSR count). The third-order valence-corrected chi connectivity index (χ3v) is 2.15. The number of aromatic nitrogens is 3. The second-order valence-corrected chi connectivity index (χ2v) is 3.73. The van der Waals surface area contributed by atoms with Crippen molar-refractivity contribution in [2.75, 3.05) is 6.54 Å². The Morgan fingerprint density at radius 1 is 1.29 bits per heavy atom. The van der Waals surface area contributed by atoms with Crippen LogP contribution >= 0.6 is 0 Å². The summed E-state index contributed by atoms with van der Waals surface area (Å²) in [6.45, 7) is 0.834. The van der Waals surface area contributed by atoms with Gasteiger partial charge in [0.1, 0.15) is 5.82 Å². The number of halogens is 3. The molecule has 0 radical (unpaired) electrons. The summed E-state index contributed by atoms with van der Waals surface area (Å²) in [6, 6.07) is 3.62. The van der Waals surface area contributed by atoms with Gasteiger partial charge in [0.05, 0.1) is 18.6 Å². The van der Waals surface area contributed by atoms with Crippen LogP contribution in [0.25, 0.3) is 11.2 Å². The number of H-pyrrole nitrogens is 1. The molecule has 4 nitrogen and oxygen atoms in total. The van der Waals surface area contributed by atoms with Gasteiger partial charge < -0.3 is 10.3 Å². The second kappa shape index (κ2) is 4.33. The Hall–Kier alpha value is -1.63. The number of hydrogen-bond donors (Lipinski definition) is 2. The molecule has 0 atom stereocenters. The van der Waals surface area contributed by atoms with E-state index in [1.54, 1.807) is 6.07 Å². The highest BCUT2D eigenvalue weighted by atomic mass is 19.4. The first-order valence-corrected chi connectivity index (χ1v) is 5.04. The Balaban J connectivity index is 2.05. The SMILES string of the molecule is Cc1ccc2[nH]c(CNCC(F)(F)F)nc2n1. The maximum atomic E-state index is 11.9. The molecule has 0 saturated carbocycles. The van der Waals surface area contributed by atoms with Gasteiger partial charge in [-0.3, -0.25) is 0 Å². The Bertz CT molecular complexity index is 518. The standard InChI is InChI=1S/C10H11F3N4/c1-6-2-3-7-9(15-6)17-8(16-7)4-14-5-10(11,12)13/h2-3,14H,4-5H2,1H3,(H,15,16,17). The number of hydrogen-bond acceptors (Lipinski definition) is 3. The highest BCUT2D eigenvalue weighted by molar-refractivity contribution is 5.70. The number of nitrogens with zero attached hydrogens (tertiary/aromatic N) is 2. The molecule has 0 bridgehead atoms. The maximum Gasteiger partial charge on any atom is 0.401 e. The average Bonchev–Trinajstić information content (AvgIpc) is 2.57. The number of rotatable bonds is 3. The van der Waals surface area contributed by atoms with Crippen LogP contribution in [0.1, 0.15) is 11.5 Å². The summed E-state index contributed by atoms with van der Waals surface area (Å²) in [4.78, 5) is 11.2. The minimum absolute atomic E-state index is 0.0366. The van der Waals surface area contributed by atoms with E-state index in [-0.39, 0.29) is 6.54 Å². The van der Waals surface area contributed by atoms with Crippen molar-refractivity contribution in [1.82, 2.24) is 20.3 Å². The largest absolute Gasteiger partial charge is 0.401 e. The normalized spacial score (nSPS) is 12.2. The van der Waals surface area contributed by atoms with E-state index >= 15 is 0 Å². The molecule has 0 aromatic carbocycles. The first-order chi connectivity index (χ1) is 7.94. The molecule has 17 heavy (non-hydrogen) atoms. The fourth-order valence-corrected chi connectivity index (χ4v) is 1.44. The predicted octanol–water partition coefficient (Wildman–Crippen LogP) is 1.92. The molecule has 2 aromatic heterocycles. The van der Waals surface area contributed by atoms with Gasteiger partial charge in [-0.05, 0) is 19.1 Å². The molecule has 2 heterocycles. The quantitative estimate of drug-likeness (QED) is 0.867. The third kappa shape index (κ3) is 3.16. The van der Waals surface area contributed by atoms with Crippen LogP contribution < -0.4 is 5.32 Å². The topological polar surface area (TPSA) is 53.6 Å². The summed E-state index contributed by atoms with van der Waals surface area (Å²) in [5.74, 6) is 0.447. The van der Waals surface area contributed by atoms with Crippen LogP contribution in [-0.4, -0.2) is 27.7 Å². The Labute approximate surface area is 95.3 Å². The molecule has 0 amide bonds. The zero-order chi connectivity index (χ0) is 12.5. The van der Waals surface area contributed by atoms with Gasteiger partial charge in [0, 0.05) is 5.69 Å². The third-order valence-electron chi connectivity index (χ3n) is 2.15. The highest BCUT2D eigenvalue weighted by Gasteiger charge is 2.26. The van der Waals surface area contributed by atoms with E-state index in [9.17, 15) is 13.2 Å². The van der Waals surface area contributed by atoms with Crippen molar-refractivity contribution in [2.24, 2.45) is 0 Å². The molecule has 2 aromatic rings. The van der Waals surface area contributed by atoms with Crippen molar-refractivity contribution in [3.05, 3.63) is 23.7 Å². The Morgan fingerprint density at radius 2 is 2.06 bits per heavy atom. The fourth-order valence-electron chi connectivity index (χ4n) is 1.44. The van der Waals surface area contributed by atoms with Gasteiger partial charge in [-0.25, -0.2) is 9.97 Å². The molecule has 2 N–H and O–H groups in total. The monoisotopic (exact) mass is 244 g/mol. The number of alkyl halides is 3. The minimum atomic E-state index is -4.21. The lowest BCUT2D eigenvalue weighted by Gasteiger charge is -2.05. The van der Waals surface area contributed by atoms with E-state index < -0.39 is 12.7 Å². The van der Waals surface area contributed by atoms with E-state index in [4.69, 9.17) is 0 Å². The summed E-state index contributed by atoms with van der Waals surface area (Å²) in [6.07, 6.45) is -4.21. The minimum Gasteiger partial charge on any atom is -0.340 e. The Morgan fingerprint density at radius 3 is 2.76 bits per heavy atom. The van der Waals surface area contributed by atoms with Gasteiger partial charge >= 0.3 is 6.18 Å². The number of aryl methyl sites for hydroxylation is 1. The van der Waals surface area contributed by atoms with Gasteiger partial charge in [-0.2, -0.15) is 13.2 Å². The highest BCUT2D eigenvalue weighted by Crippen LogP contribution is 2.13. The van der Waals surface area contributed by atoms with E-state index in [1.807, 2.05) is 13.0 Å². The molecule has 0 unspecified atom stereocenters. The van der Waals surface area contributed by atoms with E-state index in [1.165, 1.54) is 0 Å². The smallest absolute Gasteiger partial charge is 0.340 e. The van der Waals surface area contributed by atoms with Crippen LogP contribution in [0.4, 0.5) is 13.2 Å². The average molecular weight is 244 g/mol. The van der Waals surface area contributed by atoms with Crippen molar-refractivity contribution in [3.8, 4) is 0 Å². The van der Waals surface area contributed by atoms with Gasteiger partial charge in [0.25, 0.3) is 0 Å². The summed E-state index contributed by atoms with van der Waals surface area (Å²) in [5.41, 5.74) is 2.06. The first kappa shape index (κ1) is 11.8. The number of fused-ring (bicyclic) bond motifs is 1. The molecular formula is C10H11F3N4. The lowest BCUT2D eigenvalue weighted by molar-refractivity contribution is -0.125. The second-order valence-electron chi connectivity index (χ2n) is 3.73. The first-order valence-electron chi connectivity index (χ1n) is 5.04. The van der Waals surface area contributed by atoms with E-state index in [0.29, 0.717) is 11.5 Å². The van der Waals surface area contributed by atoms with Crippen molar-refractivity contribution in [2.45, 2.75) is 19.6 Å². The van der Waals surface area contributed by atoms with Crippen molar-refractivity contribution >= 4 is 11.2 Å². The molecule has 92 valence electrons. The lowest BCUT2D eigenvalue weighted by Crippen LogP contribution is -2.28. The van der Waals surface area contributed by atoms with E-state index in [2.05, 4.69) is 20.3 Å². The fraction of sp³-hybridized carbons (Fsp3) is 0.400. The predicted molar refractivity (Wildman–Crippen MR) is 56.4 cm³/mol. The molecule has 0 aliphatic carbocycles. The zero-order valence-corrected chi connectivity index (χ0v) is 9.10. The molecule has 0 spiro atoms. The van der Waals surface area contributed by atoms with Gasteiger partial charge in [-0.15, -0.1) is 0 Å². The number of aromatic amines is 1. The van der Waals surface area contributed by atoms with Crippen molar-refractivity contribution in [1.29, 1.82) is 0 Å². The zero-order valence-electron chi connectivity index (χ0n) is 9.10. The molecule has 0 fully saturated rings. The van der Waals surface area contributed by atoms with E-state index in [0.717, 1.165) is 11.2 Å². The van der Waals surface area contributed by atoms with Crippen LogP contribution in [0, 0.1) is 6.92 Å². The molecule has 0 saturated heterocycles. The molecule has 0 aliphatic rings. The van der Waals surface area contributed by atoms with Crippen molar-refractivity contribution < 1.29 is 13.2 Å². The summed E-state index contributed by atoms with van der Waals surface area (Å²) in [5, 5.41) is 2.27. The van der Waals surface area contributed by atoms with Gasteiger partial charge in [-0.1, -0.05) is 0 Å². The van der Waals surface area contributed by atoms with Crippen LogP contribution in [0.2, 0.25) is 0 Å². The summed E-state index contributed by atoms with van der Waals surface area (Å²) >= 11 is 0. The van der Waals surface area contributed by atoms with Crippen LogP contribution in [-0.2, 0) is 6.54 Å². The van der Waals surface area contributed by atoms with Crippen LogP contribution in [0.5, 0.6) is 0 Å². The van der Waals surface area contributed by atoms with Gasteiger partial charge in [0.2, 0.25) is 0 Å². The number of pyridine rings is 1. The summed E-state index contributed by atoms with van der Waals surface area (Å²) < 4.78 is 35.7. The van der Waals surface area contributed by atoms with Crippen LogP contribution in [0.15, 0.2) is 12.1 Å². The summed E-state index contributed by atoms with van der Waals surface area (Å²) in [7, 11) is 0. The molecular weight excluding hydrogens is 233 g/mol. The lowest BCUT2D eigenvalue weighted by atomic mass is 10.4. The maximum absolute atomic E-state index is 11.9. The van der Waals surface area contributed by atoms with Gasteiger partial charge in [0.15, 0.2) is 5.65 Å². The van der Waals surface area contributed by atoms with Crippen molar-refractivity contribution in [3.63, 3.8) is 0 Å². The number of nitrogens with one attached hydrogen (secondary N) is 2. The number of imidazole rings is 1. The van der Waals surface area contributed by atoms with Crippen LogP contribution in [0.3, 0.4) is 0 Å². The molecule has 7 heteroatoms.